The van der Waals surface area contributed by atoms with Gasteiger partial charge in [0.25, 0.3) is 21.8 Å². The zero-order valence-electron chi connectivity index (χ0n) is 14.3. The highest BCUT2D eigenvalue weighted by Gasteiger charge is 2.30. The minimum atomic E-state index is -3.97. The summed E-state index contributed by atoms with van der Waals surface area (Å²) in [5.74, 6) is -1.15. The normalized spacial score (nSPS) is 15.2. The summed E-state index contributed by atoms with van der Waals surface area (Å²) in [5, 5.41) is 5.07. The van der Waals surface area contributed by atoms with Gasteiger partial charge in [-0.3, -0.25) is 9.59 Å². The van der Waals surface area contributed by atoms with Crippen LogP contribution in [0.3, 0.4) is 0 Å². The van der Waals surface area contributed by atoms with Crippen molar-refractivity contribution in [2.24, 2.45) is 0 Å². The highest BCUT2D eigenvalue weighted by atomic mass is 32.2. The molecule has 9 nitrogen and oxygen atoms in total. The third kappa shape index (κ3) is 3.88. The number of rotatable bonds is 5. The SMILES string of the molecule is CS(=O)(=O)CCCNC(=O)c1ccc2c(c1)NC(=O)c1cccn1S2(=O)=O. The van der Waals surface area contributed by atoms with Crippen LogP contribution in [0.2, 0.25) is 0 Å². The molecule has 1 aliphatic heterocycles. The minimum Gasteiger partial charge on any atom is -0.352 e. The van der Waals surface area contributed by atoms with Crippen molar-refractivity contribution in [3.05, 3.63) is 47.8 Å². The van der Waals surface area contributed by atoms with Crippen LogP contribution in [0.5, 0.6) is 0 Å². The Labute approximate surface area is 156 Å². The summed E-state index contributed by atoms with van der Waals surface area (Å²) in [5.41, 5.74) is 0.126. The fraction of sp³-hybridized carbons (Fsp3) is 0.250. The maximum atomic E-state index is 12.7. The molecule has 2 aromatic rings. The monoisotopic (exact) mass is 411 g/mol. The number of fused-ring (bicyclic) bond motifs is 2. The zero-order valence-corrected chi connectivity index (χ0v) is 15.9. The molecule has 1 aromatic carbocycles. The molecule has 144 valence electrons. The number of aromatic nitrogens is 1. The lowest BCUT2D eigenvalue weighted by Gasteiger charge is -2.10. The number of hydrogen-bond acceptors (Lipinski definition) is 6. The fourth-order valence-corrected chi connectivity index (χ4v) is 4.82. The van der Waals surface area contributed by atoms with Gasteiger partial charge in [0.1, 0.15) is 20.4 Å². The van der Waals surface area contributed by atoms with Crippen LogP contribution < -0.4 is 10.6 Å². The smallest absolute Gasteiger partial charge is 0.273 e. The maximum Gasteiger partial charge on any atom is 0.273 e. The molecule has 2 amide bonds. The number of sulfone groups is 1. The van der Waals surface area contributed by atoms with Gasteiger partial charge in [0.2, 0.25) is 0 Å². The maximum absolute atomic E-state index is 12.7. The van der Waals surface area contributed by atoms with Crippen molar-refractivity contribution in [3.8, 4) is 0 Å². The third-order valence-corrected chi connectivity index (χ3v) is 6.73. The summed E-state index contributed by atoms with van der Waals surface area (Å²) in [6, 6.07) is 6.71. The van der Waals surface area contributed by atoms with Crippen LogP contribution in [0.15, 0.2) is 41.4 Å². The Kier molecular flexibility index (Phi) is 4.82. The van der Waals surface area contributed by atoms with Crippen LogP contribution in [-0.2, 0) is 19.9 Å². The van der Waals surface area contributed by atoms with E-state index in [9.17, 15) is 26.4 Å². The van der Waals surface area contributed by atoms with Crippen molar-refractivity contribution in [1.29, 1.82) is 0 Å². The predicted octanol–water partition coefficient (Wildman–Crippen LogP) is 0.455. The first kappa shape index (κ1) is 19.1. The van der Waals surface area contributed by atoms with E-state index in [1.54, 1.807) is 0 Å². The van der Waals surface area contributed by atoms with Gasteiger partial charge < -0.3 is 10.6 Å². The summed E-state index contributed by atoms with van der Waals surface area (Å²) < 4.78 is 48.5. The average Bonchev–Trinajstić information content (AvgIpc) is 3.05. The predicted molar refractivity (Wildman–Crippen MR) is 98.1 cm³/mol. The quantitative estimate of drug-likeness (QED) is 0.687. The van der Waals surface area contributed by atoms with E-state index in [0.717, 1.165) is 10.2 Å². The molecule has 27 heavy (non-hydrogen) atoms. The van der Waals surface area contributed by atoms with Gasteiger partial charge in [-0.15, -0.1) is 0 Å². The summed E-state index contributed by atoms with van der Waals surface area (Å²) in [6.07, 6.45) is 2.65. The van der Waals surface area contributed by atoms with Gasteiger partial charge in [0, 0.05) is 24.6 Å². The lowest BCUT2D eigenvalue weighted by Crippen LogP contribution is -2.26. The Hall–Kier alpha value is -2.66. The van der Waals surface area contributed by atoms with Gasteiger partial charge in [0.15, 0.2) is 0 Å². The Morgan fingerprint density at radius 1 is 1.26 bits per heavy atom. The summed E-state index contributed by atoms with van der Waals surface area (Å²) in [4.78, 5) is 24.3. The van der Waals surface area contributed by atoms with E-state index in [0.29, 0.717) is 0 Å². The molecule has 0 unspecified atom stereocenters. The second-order valence-electron chi connectivity index (χ2n) is 6.10. The Morgan fingerprint density at radius 3 is 2.70 bits per heavy atom. The summed E-state index contributed by atoms with van der Waals surface area (Å²) in [6.45, 7) is 0.152. The fourth-order valence-electron chi connectivity index (χ4n) is 2.68. The highest BCUT2D eigenvalue weighted by Crippen LogP contribution is 2.29. The van der Waals surface area contributed by atoms with Gasteiger partial charge in [0.05, 0.1) is 11.4 Å². The molecule has 1 aliphatic rings. The lowest BCUT2D eigenvalue weighted by atomic mass is 10.2. The number of hydrogen-bond donors (Lipinski definition) is 2. The van der Waals surface area contributed by atoms with Gasteiger partial charge in [-0.25, -0.2) is 20.8 Å². The molecule has 0 atom stereocenters. The van der Waals surface area contributed by atoms with Crippen molar-refractivity contribution in [2.75, 3.05) is 23.9 Å². The molecule has 2 heterocycles. The molecule has 0 aliphatic carbocycles. The van der Waals surface area contributed by atoms with E-state index in [-0.39, 0.29) is 40.6 Å². The van der Waals surface area contributed by atoms with E-state index < -0.39 is 31.7 Å². The summed E-state index contributed by atoms with van der Waals surface area (Å²) >= 11 is 0. The van der Waals surface area contributed by atoms with Gasteiger partial charge >= 0.3 is 0 Å². The molecular formula is C16H17N3O6S2. The molecular weight excluding hydrogens is 394 g/mol. The summed E-state index contributed by atoms with van der Waals surface area (Å²) in [7, 11) is -7.08. The molecule has 0 bridgehead atoms. The van der Waals surface area contributed by atoms with Crippen LogP contribution >= 0.6 is 0 Å². The van der Waals surface area contributed by atoms with Crippen LogP contribution in [0.1, 0.15) is 27.3 Å². The number of nitrogens with one attached hydrogen (secondary N) is 2. The Morgan fingerprint density at radius 2 is 2.00 bits per heavy atom. The van der Waals surface area contributed by atoms with Crippen LogP contribution in [-0.4, -0.2) is 51.2 Å². The van der Waals surface area contributed by atoms with Crippen molar-refractivity contribution in [2.45, 2.75) is 11.3 Å². The number of benzene rings is 1. The number of amides is 2. The average molecular weight is 411 g/mol. The van der Waals surface area contributed by atoms with Crippen LogP contribution in [0, 0.1) is 0 Å². The van der Waals surface area contributed by atoms with E-state index in [1.807, 2.05) is 0 Å². The molecule has 2 N–H and O–H groups in total. The second kappa shape index (κ2) is 6.82. The number of nitrogens with zero attached hydrogens (tertiary/aromatic N) is 1. The molecule has 11 heteroatoms. The van der Waals surface area contributed by atoms with Crippen LogP contribution in [0.4, 0.5) is 5.69 Å². The molecule has 0 spiro atoms. The highest BCUT2D eigenvalue weighted by molar-refractivity contribution is 7.90. The Balaban J connectivity index is 1.84. The first-order valence-corrected chi connectivity index (χ1v) is 11.4. The molecule has 0 fully saturated rings. The standard InChI is InChI=1S/C16H17N3O6S2/c1-26(22,23)9-3-7-17-15(20)11-5-6-14-12(10-11)18-16(21)13-4-2-8-19(13)27(14,24)25/h2,4-6,8,10H,3,7,9H2,1H3,(H,17,20)(H,18,21). The number of carbonyl (C=O) groups is 2. The van der Waals surface area contributed by atoms with Gasteiger partial charge in [-0.05, 0) is 36.8 Å². The van der Waals surface area contributed by atoms with E-state index in [4.69, 9.17) is 0 Å². The Bertz CT molecular complexity index is 1130. The van der Waals surface area contributed by atoms with Crippen molar-refractivity contribution in [1.82, 2.24) is 9.29 Å². The lowest BCUT2D eigenvalue weighted by molar-refractivity contribution is 0.0952. The van der Waals surface area contributed by atoms with Crippen molar-refractivity contribution < 1.29 is 26.4 Å². The molecule has 0 saturated heterocycles. The van der Waals surface area contributed by atoms with Crippen molar-refractivity contribution >= 4 is 37.4 Å². The van der Waals surface area contributed by atoms with E-state index in [2.05, 4.69) is 10.6 Å². The largest absolute Gasteiger partial charge is 0.352 e. The molecule has 0 saturated carbocycles. The first-order chi connectivity index (χ1) is 12.6. The number of carbonyl (C=O) groups excluding carboxylic acids is 2. The molecule has 3 rings (SSSR count). The van der Waals surface area contributed by atoms with Gasteiger partial charge in [-0.1, -0.05) is 0 Å². The zero-order chi connectivity index (χ0) is 19.8. The topological polar surface area (TPSA) is 131 Å². The van der Waals surface area contributed by atoms with Crippen LogP contribution in [0.25, 0.3) is 0 Å². The second-order valence-corrected chi connectivity index (χ2v) is 10.1. The van der Waals surface area contributed by atoms with Gasteiger partial charge in [-0.2, -0.15) is 0 Å². The minimum absolute atomic E-state index is 0.00693. The first-order valence-electron chi connectivity index (χ1n) is 7.94. The number of anilines is 1. The van der Waals surface area contributed by atoms with E-state index >= 15 is 0 Å². The molecule has 0 radical (unpaired) electrons. The molecule has 1 aromatic heterocycles. The van der Waals surface area contributed by atoms with Crippen molar-refractivity contribution in [3.63, 3.8) is 0 Å². The van der Waals surface area contributed by atoms with E-state index in [1.165, 1.54) is 36.5 Å². The third-order valence-electron chi connectivity index (χ3n) is 3.95.